The molecule has 128 heavy (non-hydrogen) atoms. The highest BCUT2D eigenvalue weighted by Crippen LogP contribution is 2.45. The lowest BCUT2D eigenvalue weighted by atomic mass is 10.00. The quantitative estimate of drug-likeness (QED) is 0.158. The first-order valence-corrected chi connectivity index (χ1v) is 47.5. The number of hydrogen-bond acceptors (Lipinski definition) is 6. The average Bonchev–Trinajstić information content (AvgIpc) is 1.59. The maximum absolute atomic E-state index is 7.67. The smallest absolute Gasteiger partial charge is 0.213 e. The number of aromatic nitrogens is 6. The van der Waals surface area contributed by atoms with E-state index >= 15 is 0 Å². The second kappa shape index (κ2) is 33.3. The molecule has 0 aliphatic heterocycles. The molecule has 0 aliphatic rings. The van der Waals surface area contributed by atoms with Crippen LogP contribution in [0.15, 0.2) is 340 Å². The van der Waals surface area contributed by atoms with Crippen molar-refractivity contribution in [2.24, 2.45) is 35.2 Å². The molecular formula is C117H95N6S5+5. The second-order valence-corrected chi connectivity index (χ2v) is 39.6. The Morgan fingerprint density at radius 2 is 0.516 bits per heavy atom. The average molecular weight is 1750 g/mol. The topological polar surface area (TPSA) is 32.3 Å². The van der Waals surface area contributed by atoms with Crippen molar-refractivity contribution in [1.82, 2.24) is 4.98 Å². The van der Waals surface area contributed by atoms with E-state index in [-0.39, 0.29) is 0 Å². The highest BCUT2D eigenvalue weighted by atomic mass is 32.1. The molecule has 11 heterocycles. The number of pyridine rings is 6. The summed E-state index contributed by atoms with van der Waals surface area (Å²) in [7, 11) is 10.6. The molecule has 25 aromatic rings. The first-order chi connectivity index (χ1) is 63.5. The summed E-state index contributed by atoms with van der Waals surface area (Å²) in [4.78, 5) is 5.81. The third kappa shape index (κ3) is 14.9. The largest absolute Gasteiger partial charge is 0.245 e. The number of rotatable bonds is 5. The van der Waals surface area contributed by atoms with Gasteiger partial charge in [-0.3, -0.25) is 0 Å². The van der Waals surface area contributed by atoms with Gasteiger partial charge in [-0.25, -0.2) is 4.98 Å². The van der Waals surface area contributed by atoms with Gasteiger partial charge in [0.15, 0.2) is 31.0 Å². The number of fused-ring (bicyclic) bond motifs is 23. The number of benzene rings is 14. The van der Waals surface area contributed by atoms with Crippen molar-refractivity contribution >= 4 is 212 Å². The van der Waals surface area contributed by atoms with Crippen molar-refractivity contribution in [1.29, 1.82) is 0 Å². The Labute approximate surface area is 769 Å². The third-order valence-corrected chi connectivity index (χ3v) is 31.0. The molecule has 14 aromatic carbocycles. The predicted molar refractivity (Wildman–Crippen MR) is 553 cm³/mol. The molecule has 0 bridgehead atoms. The Morgan fingerprint density at radius 1 is 0.219 bits per heavy atom. The van der Waals surface area contributed by atoms with Crippen LogP contribution in [-0.4, -0.2) is 4.98 Å². The van der Waals surface area contributed by atoms with Crippen LogP contribution in [0, 0.1) is 55.3 Å². The van der Waals surface area contributed by atoms with Gasteiger partial charge >= 0.3 is 0 Å². The molecular weight excluding hydrogens is 1650 g/mol. The molecule has 618 valence electrons. The fourth-order valence-corrected chi connectivity index (χ4v) is 24.9. The van der Waals surface area contributed by atoms with E-state index in [1.54, 1.807) is 23.5 Å². The number of hydrogen-bond donors (Lipinski definition) is 0. The predicted octanol–water partition coefficient (Wildman–Crippen LogP) is 30.4. The highest BCUT2D eigenvalue weighted by Gasteiger charge is 2.25. The molecule has 6 nitrogen and oxygen atoms in total. The van der Waals surface area contributed by atoms with E-state index < -0.39 is 6.85 Å². The zero-order chi connectivity index (χ0) is 89.9. The summed E-state index contributed by atoms with van der Waals surface area (Å²) in [6, 6.07) is 109. The molecule has 0 amide bonds. The summed E-state index contributed by atoms with van der Waals surface area (Å²) in [5, 5.41) is 26.1. The molecule has 0 saturated carbocycles. The lowest BCUT2D eigenvalue weighted by molar-refractivity contribution is -0.659. The van der Waals surface area contributed by atoms with Crippen molar-refractivity contribution in [3.63, 3.8) is 0 Å². The molecule has 11 heteroatoms. The van der Waals surface area contributed by atoms with Crippen molar-refractivity contribution in [2.75, 3.05) is 0 Å². The van der Waals surface area contributed by atoms with Gasteiger partial charge in [-0.1, -0.05) is 223 Å². The van der Waals surface area contributed by atoms with Gasteiger partial charge in [0.1, 0.15) is 44.8 Å². The van der Waals surface area contributed by atoms with Crippen LogP contribution in [0.4, 0.5) is 0 Å². The molecule has 0 atom stereocenters. The number of aryl methyl sites for hydroxylation is 13. The maximum atomic E-state index is 7.67. The second-order valence-electron chi connectivity index (χ2n) is 34.3. The summed E-state index contributed by atoms with van der Waals surface area (Å²) in [5.74, 6) is 0. The van der Waals surface area contributed by atoms with E-state index in [4.69, 9.17) is 9.10 Å². The molecule has 0 saturated heterocycles. The van der Waals surface area contributed by atoms with Gasteiger partial charge in [-0.05, 0) is 198 Å². The van der Waals surface area contributed by atoms with Gasteiger partial charge in [0.2, 0.25) is 28.5 Å². The van der Waals surface area contributed by atoms with Crippen LogP contribution < -0.4 is 22.8 Å². The third-order valence-electron chi connectivity index (χ3n) is 25.6. The van der Waals surface area contributed by atoms with Crippen molar-refractivity contribution in [2.45, 2.75) is 55.3 Å². The van der Waals surface area contributed by atoms with Crippen LogP contribution >= 0.6 is 56.7 Å². The minimum Gasteiger partial charge on any atom is -0.245 e. The van der Waals surface area contributed by atoms with E-state index in [9.17, 15) is 0 Å². The van der Waals surface area contributed by atoms with Crippen LogP contribution in [0.3, 0.4) is 0 Å². The normalized spacial score (nSPS) is 12.1. The Hall–Kier alpha value is -13.6. The van der Waals surface area contributed by atoms with Crippen LogP contribution in [0.1, 0.15) is 48.6 Å². The Balaban J connectivity index is 0.0000000990. The Morgan fingerprint density at radius 3 is 0.914 bits per heavy atom. The minimum atomic E-state index is -2.09. The van der Waals surface area contributed by atoms with Crippen LogP contribution in [0.2, 0.25) is 0 Å². The molecule has 25 rings (SSSR count). The fourth-order valence-electron chi connectivity index (χ4n) is 19.1. The Bertz CT molecular complexity index is 8960. The standard InChI is InChI=1S/3C24H20NS.C23H18NS.C22H17N2S/c2*1-15-8-10-18(16(2)12-15)21-13-20-23(14-25(21)3)26-22-11-9-17-6-4-5-7-19(17)24(20)22;1-15-8-9-19(16(2)10-15)22-13-21-20-11-17-6-4-5-7-18(17)12-23(20)26-24(21)14-25(22)3;1-15-7-3-6-10-18(15)21-13-20-19-11-16-8-4-5-9-17(16)12-22(19)25-23(20)14-24(21)2;1-14-7-3-5-9-16(14)19-11-18-20(13-24(19)2)25-22-21(18)17-10-6-4-8-15(17)12-23-22/h3*4-14H,1-3H3;3-14H,1-2H3;3-13H,1-2H3/q5*+1/i1D3;;;;. The zero-order valence-electron chi connectivity index (χ0n) is 76.6. The summed E-state index contributed by atoms with van der Waals surface area (Å²) < 4.78 is 46.0. The summed E-state index contributed by atoms with van der Waals surface area (Å²) in [5.41, 5.74) is 21.6. The van der Waals surface area contributed by atoms with E-state index in [1.165, 1.54) is 228 Å². The van der Waals surface area contributed by atoms with Gasteiger partial charge in [0.25, 0.3) is 0 Å². The molecule has 11 aromatic heterocycles. The molecule has 0 unspecified atom stereocenters. The highest BCUT2D eigenvalue weighted by molar-refractivity contribution is 7.27. The van der Waals surface area contributed by atoms with E-state index in [1.807, 2.05) is 71.6 Å². The summed E-state index contributed by atoms with van der Waals surface area (Å²) in [6.45, 7) is 12.9. The van der Waals surface area contributed by atoms with Gasteiger partial charge in [0.05, 0.1) is 18.8 Å². The molecule has 0 N–H and O–H groups in total. The SMILES string of the molecule is Cc1ccc(-c2cc3c(c[n+]2C)sc2cc4ccccc4cc23)c(C)c1.Cc1ccc(-c2cc3c(c[n+]2C)sc2ccc4ccccc4c23)c(C)c1.Cc1ccccc1-c1cc2c(c[n+]1C)sc1cc3ccccc3cc12.Cc1ccccc1-c1cc2c(c[n+]1C)sc1ncc3ccccc3c12.[2H]C([2H])([2H])c1ccc(-c2cc3c(c[n+]2C)sc2ccc4ccccc4c23)c(C)c1. The van der Waals surface area contributed by atoms with Crippen LogP contribution in [-0.2, 0) is 35.2 Å². The van der Waals surface area contributed by atoms with Crippen molar-refractivity contribution in [3.8, 4) is 56.3 Å². The van der Waals surface area contributed by atoms with Gasteiger partial charge in [-0.2, -0.15) is 22.8 Å². The zero-order valence-corrected chi connectivity index (χ0v) is 77.6. The fraction of sp³-hybridized carbons (Fsp3) is 0.111. The number of nitrogens with zero attached hydrogens (tertiary/aromatic N) is 6. The molecule has 0 spiro atoms. The number of thiophene rings is 5. The van der Waals surface area contributed by atoms with Crippen molar-refractivity contribution < 1.29 is 26.9 Å². The van der Waals surface area contributed by atoms with E-state index in [0.29, 0.717) is 5.56 Å². The van der Waals surface area contributed by atoms with Crippen molar-refractivity contribution in [3.05, 3.63) is 385 Å². The maximum Gasteiger partial charge on any atom is 0.213 e. The lowest BCUT2D eigenvalue weighted by Gasteiger charge is -2.06. The van der Waals surface area contributed by atoms with E-state index in [2.05, 4.69) is 409 Å². The molecule has 0 aliphatic carbocycles. The van der Waals surface area contributed by atoms with E-state index in [0.717, 1.165) is 21.7 Å². The van der Waals surface area contributed by atoms with Gasteiger partial charge in [-0.15, -0.1) is 56.7 Å². The van der Waals surface area contributed by atoms with Crippen LogP contribution in [0.5, 0.6) is 0 Å². The van der Waals surface area contributed by atoms with Gasteiger partial charge < -0.3 is 0 Å². The first kappa shape index (κ1) is 77.9. The summed E-state index contributed by atoms with van der Waals surface area (Å²) in [6.07, 6.45) is 13.2. The molecule has 0 radical (unpaired) electrons. The van der Waals surface area contributed by atoms with Crippen LogP contribution in [0.25, 0.3) is 211 Å². The monoisotopic (exact) mass is 1750 g/mol. The van der Waals surface area contributed by atoms with Gasteiger partial charge in [0, 0.05) is 147 Å². The lowest BCUT2D eigenvalue weighted by Crippen LogP contribution is -2.30. The summed E-state index contributed by atoms with van der Waals surface area (Å²) >= 11 is 9.21. The minimum absolute atomic E-state index is 0.384. The first-order valence-electron chi connectivity index (χ1n) is 44.9. The molecule has 0 fully saturated rings. The Kier molecular flexibility index (Phi) is 20.3.